The number of halogens is 3. The first kappa shape index (κ1) is 30.4. The largest absolute Gasteiger partial charge is 0.390 e. The molecule has 2 aromatic carbocycles. The predicted molar refractivity (Wildman–Crippen MR) is 151 cm³/mol. The van der Waals surface area contributed by atoms with Gasteiger partial charge in [0, 0.05) is 41.9 Å². The number of amides is 2. The minimum absolute atomic E-state index is 0.00117. The number of carbonyl (C=O) groups is 2. The lowest BCUT2D eigenvalue weighted by molar-refractivity contribution is -0.141. The van der Waals surface area contributed by atoms with Crippen LogP contribution in [0.2, 0.25) is 0 Å². The Hall–Kier alpha value is -2.15. The van der Waals surface area contributed by atoms with Crippen LogP contribution < -0.4 is 10.6 Å². The van der Waals surface area contributed by atoms with Gasteiger partial charge in [-0.25, -0.2) is 8.78 Å². The molecule has 7 nitrogen and oxygen atoms in total. The second-order valence-electron chi connectivity index (χ2n) is 9.80. The number of rotatable bonds is 13. The summed E-state index contributed by atoms with van der Waals surface area (Å²) >= 11 is 2.23. The first-order chi connectivity index (χ1) is 18.2. The van der Waals surface area contributed by atoms with E-state index in [1.165, 1.54) is 12.1 Å². The number of hydrogen-bond acceptors (Lipinski definition) is 5. The fourth-order valence-electron chi connectivity index (χ4n) is 4.84. The third-order valence-corrected chi connectivity index (χ3v) is 7.32. The average molecular weight is 643 g/mol. The Morgan fingerprint density at radius 3 is 2.55 bits per heavy atom. The van der Waals surface area contributed by atoms with Crippen LogP contribution in [0, 0.1) is 15.2 Å². The van der Waals surface area contributed by atoms with Crippen molar-refractivity contribution in [2.24, 2.45) is 0 Å². The number of piperazine rings is 1. The van der Waals surface area contributed by atoms with E-state index in [9.17, 15) is 23.5 Å². The second kappa shape index (κ2) is 14.9. The topological polar surface area (TPSA) is 84.9 Å². The summed E-state index contributed by atoms with van der Waals surface area (Å²) in [6.07, 6.45) is 0.704. The molecule has 0 unspecified atom stereocenters. The lowest BCUT2D eigenvalue weighted by Crippen LogP contribution is -2.58. The molecule has 0 radical (unpaired) electrons. The van der Waals surface area contributed by atoms with Gasteiger partial charge in [0.2, 0.25) is 11.8 Å². The molecule has 2 amide bonds. The SMILES string of the molecule is CCCN1C(=O)CN(CC(=O)N[C@@H](Cc2cc(F)cc(F)c2)[C@@H](O)CNCc2cccc(I)c2)C[C@H]1CC. The van der Waals surface area contributed by atoms with Crippen molar-refractivity contribution < 1.29 is 23.5 Å². The highest BCUT2D eigenvalue weighted by Crippen LogP contribution is 2.16. The number of nitrogens with one attached hydrogen (secondary N) is 2. The summed E-state index contributed by atoms with van der Waals surface area (Å²) in [5.74, 6) is -1.78. The molecule has 1 aliphatic rings. The smallest absolute Gasteiger partial charge is 0.237 e. The van der Waals surface area contributed by atoms with Gasteiger partial charge in [0.25, 0.3) is 0 Å². The van der Waals surface area contributed by atoms with E-state index in [0.29, 0.717) is 25.2 Å². The molecular weight excluding hydrogens is 605 g/mol. The first-order valence-corrected chi connectivity index (χ1v) is 14.2. The van der Waals surface area contributed by atoms with Crippen LogP contribution in [0.15, 0.2) is 42.5 Å². The fourth-order valence-corrected chi connectivity index (χ4v) is 5.45. The normalized spacial score (nSPS) is 17.9. The molecule has 0 saturated carbocycles. The molecule has 1 aliphatic heterocycles. The molecule has 0 bridgehead atoms. The Morgan fingerprint density at radius 1 is 1.16 bits per heavy atom. The van der Waals surface area contributed by atoms with Gasteiger partial charge in [-0.15, -0.1) is 0 Å². The van der Waals surface area contributed by atoms with Gasteiger partial charge >= 0.3 is 0 Å². The number of aliphatic hydroxyl groups is 1. The van der Waals surface area contributed by atoms with Gasteiger partial charge in [-0.1, -0.05) is 26.0 Å². The summed E-state index contributed by atoms with van der Waals surface area (Å²) in [7, 11) is 0. The molecule has 208 valence electrons. The molecule has 0 aromatic heterocycles. The molecule has 1 saturated heterocycles. The molecule has 2 aromatic rings. The molecule has 38 heavy (non-hydrogen) atoms. The van der Waals surface area contributed by atoms with Gasteiger partial charge in [0.05, 0.1) is 25.2 Å². The highest BCUT2D eigenvalue weighted by molar-refractivity contribution is 14.1. The van der Waals surface area contributed by atoms with E-state index in [4.69, 9.17) is 0 Å². The van der Waals surface area contributed by atoms with Gasteiger partial charge in [-0.05, 0) is 77.2 Å². The van der Waals surface area contributed by atoms with Gasteiger partial charge in [0.1, 0.15) is 11.6 Å². The number of aliphatic hydroxyl groups excluding tert-OH is 1. The van der Waals surface area contributed by atoms with E-state index in [1.807, 2.05) is 47.9 Å². The Bertz CT molecular complexity index is 1070. The number of nitrogens with zero attached hydrogens (tertiary/aromatic N) is 2. The standard InChI is InChI=1S/C28H37F2IN4O3/c1-3-8-35-24(4-2)16-34(18-28(35)38)17-27(37)33-25(12-20-9-21(29)13-22(30)10-20)26(36)15-32-14-19-6-5-7-23(31)11-19/h5-7,9-11,13,24-26,32,36H,3-4,8,12,14-18H2,1-2H3,(H,33,37)/t24-,25+,26+/m1/s1. The minimum atomic E-state index is -1.01. The van der Waals surface area contributed by atoms with Crippen LogP contribution in [0.1, 0.15) is 37.8 Å². The molecule has 1 heterocycles. The quantitative estimate of drug-likeness (QED) is 0.293. The summed E-state index contributed by atoms with van der Waals surface area (Å²) in [5.41, 5.74) is 1.38. The molecule has 0 aliphatic carbocycles. The van der Waals surface area contributed by atoms with Crippen molar-refractivity contribution in [1.29, 1.82) is 0 Å². The van der Waals surface area contributed by atoms with Crippen molar-refractivity contribution in [3.05, 3.63) is 68.8 Å². The minimum Gasteiger partial charge on any atom is -0.390 e. The molecular formula is C28H37F2IN4O3. The Kier molecular flexibility index (Phi) is 11.9. The maximum atomic E-state index is 13.8. The predicted octanol–water partition coefficient (Wildman–Crippen LogP) is 3.08. The van der Waals surface area contributed by atoms with Crippen LogP contribution in [0.25, 0.3) is 0 Å². The zero-order chi connectivity index (χ0) is 27.7. The van der Waals surface area contributed by atoms with Crippen LogP contribution in [0.3, 0.4) is 0 Å². The van der Waals surface area contributed by atoms with Crippen molar-refractivity contribution in [1.82, 2.24) is 20.4 Å². The zero-order valence-electron chi connectivity index (χ0n) is 21.9. The Balaban J connectivity index is 1.65. The van der Waals surface area contributed by atoms with Gasteiger partial charge < -0.3 is 20.6 Å². The molecule has 3 atom stereocenters. The van der Waals surface area contributed by atoms with Crippen molar-refractivity contribution in [3.8, 4) is 0 Å². The summed E-state index contributed by atoms with van der Waals surface area (Å²) in [6, 6.07) is 10.4. The summed E-state index contributed by atoms with van der Waals surface area (Å²) in [5, 5.41) is 17.0. The zero-order valence-corrected chi connectivity index (χ0v) is 24.1. The highest BCUT2D eigenvalue weighted by Gasteiger charge is 2.32. The number of carbonyl (C=O) groups excluding carboxylic acids is 2. The second-order valence-corrected chi connectivity index (χ2v) is 11.0. The maximum Gasteiger partial charge on any atom is 0.237 e. The third-order valence-electron chi connectivity index (χ3n) is 6.65. The van der Waals surface area contributed by atoms with Crippen LogP contribution in [-0.2, 0) is 22.6 Å². The van der Waals surface area contributed by atoms with E-state index < -0.39 is 23.8 Å². The lowest BCUT2D eigenvalue weighted by atomic mass is 10.0. The van der Waals surface area contributed by atoms with Gasteiger partial charge in [-0.2, -0.15) is 0 Å². The molecule has 0 spiro atoms. The molecule has 3 N–H and O–H groups in total. The van der Waals surface area contributed by atoms with E-state index in [-0.39, 0.29) is 43.9 Å². The van der Waals surface area contributed by atoms with Crippen LogP contribution in [-0.4, -0.2) is 77.6 Å². The van der Waals surface area contributed by atoms with Gasteiger partial charge in [0.15, 0.2) is 0 Å². The van der Waals surface area contributed by atoms with Gasteiger partial charge in [-0.3, -0.25) is 14.5 Å². The lowest BCUT2D eigenvalue weighted by Gasteiger charge is -2.40. The Morgan fingerprint density at radius 2 is 1.89 bits per heavy atom. The number of benzene rings is 2. The maximum absolute atomic E-state index is 13.8. The monoisotopic (exact) mass is 642 g/mol. The third kappa shape index (κ3) is 9.25. The molecule has 1 fully saturated rings. The first-order valence-electron chi connectivity index (χ1n) is 13.1. The molecule has 10 heteroatoms. The Labute approximate surface area is 237 Å². The average Bonchev–Trinajstić information content (AvgIpc) is 2.84. The van der Waals surface area contributed by atoms with Crippen molar-refractivity contribution in [3.63, 3.8) is 0 Å². The van der Waals surface area contributed by atoms with E-state index in [1.54, 1.807) is 0 Å². The van der Waals surface area contributed by atoms with Crippen molar-refractivity contribution in [2.75, 3.05) is 32.7 Å². The summed E-state index contributed by atoms with van der Waals surface area (Å²) in [4.78, 5) is 29.4. The van der Waals surface area contributed by atoms with Crippen molar-refractivity contribution >= 4 is 34.4 Å². The van der Waals surface area contributed by atoms with Crippen LogP contribution >= 0.6 is 22.6 Å². The van der Waals surface area contributed by atoms with Crippen molar-refractivity contribution in [2.45, 2.75) is 57.8 Å². The van der Waals surface area contributed by atoms with E-state index >= 15 is 0 Å². The fraction of sp³-hybridized carbons (Fsp3) is 0.500. The summed E-state index contributed by atoms with van der Waals surface area (Å²) in [6.45, 7) is 6.19. The van der Waals surface area contributed by atoms with E-state index in [0.717, 1.165) is 28.0 Å². The van der Waals surface area contributed by atoms with E-state index in [2.05, 4.69) is 33.2 Å². The number of hydrogen-bond donors (Lipinski definition) is 3. The summed E-state index contributed by atoms with van der Waals surface area (Å²) < 4.78 is 28.7. The highest BCUT2D eigenvalue weighted by atomic mass is 127. The van der Waals surface area contributed by atoms with Crippen LogP contribution in [0.5, 0.6) is 0 Å². The molecule has 3 rings (SSSR count). The van der Waals surface area contributed by atoms with Crippen LogP contribution in [0.4, 0.5) is 8.78 Å².